The second-order valence-corrected chi connectivity index (χ2v) is 6.00. The summed E-state index contributed by atoms with van der Waals surface area (Å²) in [6.45, 7) is 9.37. The van der Waals surface area contributed by atoms with Crippen LogP contribution in [0.25, 0.3) is 0 Å². The van der Waals surface area contributed by atoms with E-state index in [2.05, 4.69) is 11.5 Å². The zero-order chi connectivity index (χ0) is 15.8. The second-order valence-electron chi connectivity index (χ2n) is 6.00. The fourth-order valence-corrected chi connectivity index (χ4v) is 3.24. The molecule has 2 rings (SSSR count). The molecule has 2 N–H and O–H groups in total. The summed E-state index contributed by atoms with van der Waals surface area (Å²) in [5.41, 5.74) is 1.67. The number of carbonyl (C=O) groups is 1. The quantitative estimate of drug-likeness (QED) is 0.887. The van der Waals surface area contributed by atoms with Crippen LogP contribution in [0.15, 0.2) is 6.07 Å². The number of hydrogen-bond donors (Lipinski definition) is 2. The van der Waals surface area contributed by atoms with E-state index in [9.17, 15) is 15.0 Å². The maximum absolute atomic E-state index is 12.7. The minimum absolute atomic E-state index is 0.0556. The maximum Gasteiger partial charge on any atom is 0.255 e. The SMILES string of the molecule is CCn1c(C)cc(C(=O)N2CC[C@@](O)(CC)[C@@H](O)C2)c1C. The molecule has 2 heterocycles. The van der Waals surface area contributed by atoms with E-state index in [0.717, 1.165) is 17.9 Å². The lowest BCUT2D eigenvalue weighted by Crippen LogP contribution is -2.56. The molecule has 0 unspecified atom stereocenters. The van der Waals surface area contributed by atoms with E-state index in [1.54, 1.807) is 4.90 Å². The predicted octanol–water partition coefficient (Wildman–Crippen LogP) is 1.47. The zero-order valence-electron chi connectivity index (χ0n) is 13.4. The molecule has 0 saturated carbocycles. The normalized spacial score (nSPS) is 26.2. The summed E-state index contributed by atoms with van der Waals surface area (Å²) in [6, 6.07) is 1.91. The van der Waals surface area contributed by atoms with Crippen molar-refractivity contribution in [3.05, 3.63) is 23.0 Å². The Labute approximate surface area is 126 Å². The Balaban J connectivity index is 2.19. The third-order valence-corrected chi connectivity index (χ3v) is 4.85. The highest BCUT2D eigenvalue weighted by Gasteiger charge is 2.40. The van der Waals surface area contributed by atoms with Crippen LogP contribution < -0.4 is 0 Å². The number of aryl methyl sites for hydroxylation is 1. The minimum atomic E-state index is -1.06. The first-order valence-electron chi connectivity index (χ1n) is 7.70. The van der Waals surface area contributed by atoms with Gasteiger partial charge in [0.1, 0.15) is 6.10 Å². The minimum Gasteiger partial charge on any atom is -0.388 e. The topological polar surface area (TPSA) is 65.7 Å². The maximum atomic E-state index is 12.7. The molecule has 21 heavy (non-hydrogen) atoms. The molecule has 0 aliphatic carbocycles. The number of carbonyl (C=O) groups excluding carboxylic acids is 1. The molecular formula is C16H26N2O3. The molecule has 0 aromatic carbocycles. The van der Waals surface area contributed by atoms with Crippen molar-refractivity contribution in [3.8, 4) is 0 Å². The monoisotopic (exact) mass is 294 g/mol. The highest BCUT2D eigenvalue weighted by atomic mass is 16.3. The first-order chi connectivity index (χ1) is 9.84. The molecule has 5 nitrogen and oxygen atoms in total. The number of rotatable bonds is 3. The molecule has 0 bridgehead atoms. The van der Waals surface area contributed by atoms with Crippen LogP contribution in [0.4, 0.5) is 0 Å². The zero-order valence-corrected chi connectivity index (χ0v) is 13.4. The molecule has 1 aliphatic heterocycles. The standard InChI is InChI=1S/C16H26N2O3/c1-5-16(21)7-8-17(10-14(16)19)15(20)13-9-11(3)18(6-2)12(13)4/h9,14,19,21H,5-8,10H2,1-4H3/t14-,16-/m0/s1. The van der Waals surface area contributed by atoms with E-state index >= 15 is 0 Å². The number of amides is 1. The van der Waals surface area contributed by atoms with Crippen molar-refractivity contribution < 1.29 is 15.0 Å². The van der Waals surface area contributed by atoms with Gasteiger partial charge in [0.05, 0.1) is 11.2 Å². The molecule has 1 amide bonds. The fourth-order valence-electron chi connectivity index (χ4n) is 3.24. The van der Waals surface area contributed by atoms with Gasteiger partial charge in [0, 0.05) is 31.0 Å². The van der Waals surface area contributed by atoms with E-state index in [1.165, 1.54) is 0 Å². The summed E-state index contributed by atoms with van der Waals surface area (Å²) in [4.78, 5) is 14.3. The highest BCUT2D eigenvalue weighted by Crippen LogP contribution is 2.27. The summed E-state index contributed by atoms with van der Waals surface area (Å²) < 4.78 is 2.11. The predicted molar refractivity (Wildman–Crippen MR) is 81.3 cm³/mol. The molecule has 118 valence electrons. The number of hydrogen-bond acceptors (Lipinski definition) is 3. The molecule has 1 saturated heterocycles. The average Bonchev–Trinajstić information content (AvgIpc) is 2.75. The molecule has 5 heteroatoms. The van der Waals surface area contributed by atoms with Gasteiger partial charge < -0.3 is 19.7 Å². The molecule has 1 aromatic rings. The van der Waals surface area contributed by atoms with Crippen LogP contribution in [0.5, 0.6) is 0 Å². The van der Waals surface area contributed by atoms with Crippen molar-refractivity contribution >= 4 is 5.91 Å². The van der Waals surface area contributed by atoms with E-state index in [-0.39, 0.29) is 12.5 Å². The number of likely N-dealkylation sites (tertiary alicyclic amines) is 1. The first-order valence-corrected chi connectivity index (χ1v) is 7.70. The Hall–Kier alpha value is -1.33. The van der Waals surface area contributed by atoms with Crippen LogP contribution in [0, 0.1) is 13.8 Å². The lowest BCUT2D eigenvalue weighted by Gasteiger charge is -2.41. The smallest absolute Gasteiger partial charge is 0.255 e. The molecule has 0 spiro atoms. The van der Waals surface area contributed by atoms with Gasteiger partial charge >= 0.3 is 0 Å². The number of piperidine rings is 1. The van der Waals surface area contributed by atoms with Gasteiger partial charge in [0.2, 0.25) is 0 Å². The van der Waals surface area contributed by atoms with Gasteiger partial charge in [0.25, 0.3) is 5.91 Å². The van der Waals surface area contributed by atoms with Gasteiger partial charge in [0.15, 0.2) is 0 Å². The Kier molecular flexibility index (Phi) is 4.44. The van der Waals surface area contributed by atoms with Gasteiger partial charge in [-0.15, -0.1) is 0 Å². The Bertz CT molecular complexity index is 538. The van der Waals surface area contributed by atoms with Crippen LogP contribution in [0.1, 0.15) is 48.4 Å². The average molecular weight is 294 g/mol. The van der Waals surface area contributed by atoms with E-state index < -0.39 is 11.7 Å². The Morgan fingerprint density at radius 3 is 2.57 bits per heavy atom. The Morgan fingerprint density at radius 2 is 2.10 bits per heavy atom. The summed E-state index contributed by atoms with van der Waals surface area (Å²) in [6.07, 6.45) is 0.0404. The highest BCUT2D eigenvalue weighted by molar-refractivity contribution is 5.95. The van der Waals surface area contributed by atoms with Crippen molar-refractivity contribution in [2.75, 3.05) is 13.1 Å². The third-order valence-electron chi connectivity index (χ3n) is 4.85. The van der Waals surface area contributed by atoms with Gasteiger partial charge in [-0.2, -0.15) is 0 Å². The van der Waals surface area contributed by atoms with Gasteiger partial charge in [-0.1, -0.05) is 6.92 Å². The van der Waals surface area contributed by atoms with Crippen LogP contribution in [0.3, 0.4) is 0 Å². The summed E-state index contributed by atoms with van der Waals surface area (Å²) in [5, 5.41) is 20.4. The number of β-amino-alcohol motifs (C(OH)–C–C–N with tert-alkyl or cyclic N) is 1. The van der Waals surface area contributed by atoms with Gasteiger partial charge in [-0.05, 0) is 39.7 Å². The number of nitrogens with zero attached hydrogens (tertiary/aromatic N) is 2. The van der Waals surface area contributed by atoms with Crippen LogP contribution in [0.2, 0.25) is 0 Å². The number of aliphatic hydroxyl groups is 2. The van der Waals surface area contributed by atoms with E-state index in [1.807, 2.05) is 26.8 Å². The van der Waals surface area contributed by atoms with Gasteiger partial charge in [-0.3, -0.25) is 4.79 Å². The van der Waals surface area contributed by atoms with Gasteiger partial charge in [-0.25, -0.2) is 0 Å². The molecule has 0 radical (unpaired) electrons. The molecule has 1 aliphatic rings. The number of aromatic nitrogens is 1. The van der Waals surface area contributed by atoms with Crippen molar-refractivity contribution in [2.45, 2.75) is 58.8 Å². The first kappa shape index (κ1) is 16.0. The van der Waals surface area contributed by atoms with Crippen LogP contribution >= 0.6 is 0 Å². The number of aliphatic hydroxyl groups excluding tert-OH is 1. The Morgan fingerprint density at radius 1 is 1.43 bits per heavy atom. The molecule has 1 aromatic heterocycles. The summed E-state index contributed by atoms with van der Waals surface area (Å²) in [5.74, 6) is -0.0556. The molecule has 2 atom stereocenters. The third kappa shape index (κ3) is 2.72. The second kappa shape index (κ2) is 5.81. The lowest BCUT2D eigenvalue weighted by atomic mass is 9.86. The largest absolute Gasteiger partial charge is 0.388 e. The van der Waals surface area contributed by atoms with E-state index in [0.29, 0.717) is 24.9 Å². The van der Waals surface area contributed by atoms with Crippen LogP contribution in [-0.4, -0.2) is 50.4 Å². The molecular weight excluding hydrogens is 268 g/mol. The van der Waals surface area contributed by atoms with Crippen molar-refractivity contribution in [1.82, 2.24) is 9.47 Å². The summed E-state index contributed by atoms with van der Waals surface area (Å²) >= 11 is 0. The fraction of sp³-hybridized carbons (Fsp3) is 0.688. The van der Waals surface area contributed by atoms with Crippen LogP contribution in [-0.2, 0) is 6.54 Å². The van der Waals surface area contributed by atoms with Crippen molar-refractivity contribution in [1.29, 1.82) is 0 Å². The van der Waals surface area contributed by atoms with Crippen molar-refractivity contribution in [2.24, 2.45) is 0 Å². The van der Waals surface area contributed by atoms with Crippen molar-refractivity contribution in [3.63, 3.8) is 0 Å². The summed E-state index contributed by atoms with van der Waals surface area (Å²) in [7, 11) is 0. The molecule has 1 fully saturated rings. The van der Waals surface area contributed by atoms with E-state index in [4.69, 9.17) is 0 Å². The lowest BCUT2D eigenvalue weighted by molar-refractivity contribution is -0.114.